The highest BCUT2D eigenvalue weighted by Crippen LogP contribution is 2.46. The minimum absolute atomic E-state index is 0.00832. The van der Waals surface area contributed by atoms with Crippen LogP contribution in [0.4, 0.5) is 5.13 Å². The smallest absolute Gasteiger partial charge is 0.301 e. The van der Waals surface area contributed by atoms with Gasteiger partial charge in [-0.15, -0.1) is 0 Å². The predicted octanol–water partition coefficient (Wildman–Crippen LogP) is 7.13. The molecule has 6 rings (SSSR count). The van der Waals surface area contributed by atoms with Crippen LogP contribution >= 0.6 is 11.3 Å². The molecule has 3 aromatic carbocycles. The van der Waals surface area contributed by atoms with Crippen molar-refractivity contribution in [3.05, 3.63) is 82.4 Å². The van der Waals surface area contributed by atoms with Gasteiger partial charge in [0.25, 0.3) is 5.78 Å². The summed E-state index contributed by atoms with van der Waals surface area (Å²) >= 11 is 1.33. The fourth-order valence-electron chi connectivity index (χ4n) is 5.70. The van der Waals surface area contributed by atoms with Crippen LogP contribution in [0.25, 0.3) is 16.0 Å². The van der Waals surface area contributed by atoms with E-state index in [2.05, 4.69) is 6.92 Å². The molecule has 1 amide bonds. The van der Waals surface area contributed by atoms with Crippen LogP contribution in [0.5, 0.6) is 17.2 Å². The second kappa shape index (κ2) is 11.7. The number of anilines is 1. The first-order valence-corrected chi connectivity index (χ1v) is 15.4. The van der Waals surface area contributed by atoms with E-state index in [1.807, 2.05) is 44.2 Å². The SMILES string of the molecule is CCCCCOc1ccc([C@H]2C(=C(O)c3ccc4c(c3)C[C@H](C)O4)C(=O)C(=O)N2c2nc3ccc(C)cc3s2)cc1OC. The molecule has 0 unspecified atom stereocenters. The molecule has 1 aromatic heterocycles. The van der Waals surface area contributed by atoms with Crippen molar-refractivity contribution in [2.45, 2.75) is 58.6 Å². The van der Waals surface area contributed by atoms with Gasteiger partial charge >= 0.3 is 5.91 Å². The first-order valence-electron chi connectivity index (χ1n) is 14.6. The topological polar surface area (TPSA) is 98.2 Å². The molecule has 222 valence electrons. The van der Waals surface area contributed by atoms with E-state index >= 15 is 0 Å². The molecule has 0 bridgehead atoms. The molecule has 0 aliphatic carbocycles. The number of thiazole rings is 1. The maximum absolute atomic E-state index is 13.8. The number of aryl methyl sites for hydroxylation is 1. The molecule has 1 fully saturated rings. The van der Waals surface area contributed by atoms with Crippen LogP contribution in [-0.4, -0.2) is 41.6 Å². The number of nitrogens with zero attached hydrogens (tertiary/aromatic N) is 2. The number of carbonyl (C=O) groups is 2. The third-order valence-corrected chi connectivity index (χ3v) is 8.88. The van der Waals surface area contributed by atoms with E-state index in [-0.39, 0.29) is 17.4 Å². The molecule has 2 aliphatic heterocycles. The van der Waals surface area contributed by atoms with Crippen LogP contribution in [0.1, 0.15) is 61.4 Å². The van der Waals surface area contributed by atoms with E-state index in [1.54, 1.807) is 31.4 Å². The molecular formula is C34H34N2O6S. The molecule has 0 saturated carbocycles. The third-order valence-electron chi connectivity index (χ3n) is 7.86. The van der Waals surface area contributed by atoms with Crippen LogP contribution in [-0.2, 0) is 16.0 Å². The Hall–Kier alpha value is -4.37. The second-order valence-electron chi connectivity index (χ2n) is 11.1. The fourth-order valence-corrected chi connectivity index (χ4v) is 6.79. The Kier molecular flexibility index (Phi) is 7.83. The minimum Gasteiger partial charge on any atom is -0.507 e. The number of ketones is 1. The highest BCUT2D eigenvalue weighted by atomic mass is 32.1. The van der Waals surface area contributed by atoms with Gasteiger partial charge in [0.15, 0.2) is 16.6 Å². The van der Waals surface area contributed by atoms with Gasteiger partial charge in [0.1, 0.15) is 17.6 Å². The number of aromatic nitrogens is 1. The zero-order valence-electron chi connectivity index (χ0n) is 24.7. The van der Waals surface area contributed by atoms with E-state index in [1.165, 1.54) is 16.2 Å². The number of benzene rings is 3. The van der Waals surface area contributed by atoms with Gasteiger partial charge in [0, 0.05) is 12.0 Å². The second-order valence-corrected chi connectivity index (χ2v) is 12.1. The van der Waals surface area contributed by atoms with Crippen molar-refractivity contribution in [3.63, 3.8) is 0 Å². The number of hydrogen-bond donors (Lipinski definition) is 1. The summed E-state index contributed by atoms with van der Waals surface area (Å²) in [6.45, 7) is 6.66. The summed E-state index contributed by atoms with van der Waals surface area (Å²) in [5, 5.41) is 12.1. The summed E-state index contributed by atoms with van der Waals surface area (Å²) in [7, 11) is 1.55. The first-order chi connectivity index (χ1) is 20.8. The van der Waals surface area contributed by atoms with Crippen LogP contribution in [0.15, 0.2) is 60.2 Å². The Morgan fingerprint density at radius 2 is 1.93 bits per heavy atom. The van der Waals surface area contributed by atoms with E-state index < -0.39 is 17.7 Å². The summed E-state index contributed by atoms with van der Waals surface area (Å²) in [5.41, 5.74) is 3.76. The molecule has 3 heterocycles. The van der Waals surface area contributed by atoms with Crippen molar-refractivity contribution in [1.82, 2.24) is 4.98 Å². The molecule has 1 N–H and O–H groups in total. The lowest BCUT2D eigenvalue weighted by Crippen LogP contribution is -2.29. The van der Waals surface area contributed by atoms with Crippen molar-refractivity contribution in [1.29, 1.82) is 0 Å². The molecule has 43 heavy (non-hydrogen) atoms. The zero-order chi connectivity index (χ0) is 30.2. The highest BCUT2D eigenvalue weighted by Gasteiger charge is 2.48. The number of unbranched alkanes of at least 4 members (excludes halogenated alkanes) is 2. The van der Waals surface area contributed by atoms with Gasteiger partial charge < -0.3 is 19.3 Å². The molecule has 0 spiro atoms. The molecule has 2 atom stereocenters. The van der Waals surface area contributed by atoms with Gasteiger partial charge in [-0.05, 0) is 79.4 Å². The number of carbonyl (C=O) groups excluding carboxylic acids is 2. The number of ether oxygens (including phenoxy) is 3. The van der Waals surface area contributed by atoms with Crippen LogP contribution in [0.3, 0.4) is 0 Å². The van der Waals surface area contributed by atoms with Crippen molar-refractivity contribution >= 4 is 44.1 Å². The van der Waals surface area contributed by atoms with Gasteiger partial charge in [-0.1, -0.05) is 43.2 Å². The third kappa shape index (κ3) is 5.33. The van der Waals surface area contributed by atoms with Gasteiger partial charge in [-0.2, -0.15) is 0 Å². The average molecular weight is 599 g/mol. The quantitative estimate of drug-likeness (QED) is 0.0947. The summed E-state index contributed by atoms with van der Waals surface area (Å²) in [4.78, 5) is 33.6. The molecule has 2 aliphatic rings. The Bertz CT molecular complexity index is 1760. The van der Waals surface area contributed by atoms with Crippen molar-refractivity contribution in [3.8, 4) is 17.2 Å². The molecule has 4 aromatic rings. The Balaban J connectivity index is 1.48. The number of fused-ring (bicyclic) bond motifs is 2. The molecular weight excluding hydrogens is 564 g/mol. The van der Waals surface area contributed by atoms with Crippen LogP contribution in [0.2, 0.25) is 0 Å². The summed E-state index contributed by atoms with van der Waals surface area (Å²) in [6.07, 6.45) is 3.78. The van der Waals surface area contributed by atoms with Crippen LogP contribution < -0.4 is 19.1 Å². The van der Waals surface area contributed by atoms with Gasteiger partial charge in [-0.25, -0.2) is 4.98 Å². The first kappa shape index (κ1) is 28.7. The number of aliphatic hydroxyl groups excluding tert-OH is 1. The molecule has 1 saturated heterocycles. The fraction of sp³-hybridized carbons (Fsp3) is 0.324. The van der Waals surface area contributed by atoms with Crippen LogP contribution in [0, 0.1) is 6.92 Å². The van der Waals surface area contributed by atoms with Crippen molar-refractivity contribution < 1.29 is 28.9 Å². The van der Waals surface area contributed by atoms with Crippen molar-refractivity contribution in [2.75, 3.05) is 18.6 Å². The van der Waals surface area contributed by atoms with Gasteiger partial charge in [-0.3, -0.25) is 14.5 Å². The average Bonchev–Trinajstić information content (AvgIpc) is 3.66. The summed E-state index contributed by atoms with van der Waals surface area (Å²) in [5.74, 6) is 0.0287. The molecule has 0 radical (unpaired) electrons. The molecule has 9 heteroatoms. The number of rotatable bonds is 9. The predicted molar refractivity (Wildman–Crippen MR) is 167 cm³/mol. The van der Waals surface area contributed by atoms with Gasteiger partial charge in [0.05, 0.1) is 35.5 Å². The van der Waals surface area contributed by atoms with E-state index in [4.69, 9.17) is 19.2 Å². The van der Waals surface area contributed by atoms with E-state index in [0.29, 0.717) is 40.8 Å². The number of hydrogen-bond acceptors (Lipinski definition) is 8. The van der Waals surface area contributed by atoms with Crippen molar-refractivity contribution in [2.24, 2.45) is 0 Å². The minimum atomic E-state index is -0.937. The monoisotopic (exact) mass is 598 g/mol. The lowest BCUT2D eigenvalue weighted by Gasteiger charge is -2.24. The Morgan fingerprint density at radius 3 is 2.72 bits per heavy atom. The Labute approximate surface area is 254 Å². The highest BCUT2D eigenvalue weighted by molar-refractivity contribution is 7.22. The normalized spacial score (nSPS) is 19.1. The van der Waals surface area contributed by atoms with E-state index in [0.717, 1.165) is 46.4 Å². The lowest BCUT2D eigenvalue weighted by molar-refractivity contribution is -0.132. The number of methoxy groups -OCH3 is 1. The maximum atomic E-state index is 13.8. The number of Topliss-reactive ketones (excluding diaryl/α,β-unsaturated/α-hetero) is 1. The van der Waals surface area contributed by atoms with Gasteiger partial charge in [0.2, 0.25) is 0 Å². The number of aliphatic hydroxyl groups is 1. The maximum Gasteiger partial charge on any atom is 0.301 e. The summed E-state index contributed by atoms with van der Waals surface area (Å²) in [6, 6.07) is 15.6. The Morgan fingerprint density at radius 1 is 1.09 bits per heavy atom. The standard InChI is InChI=1S/C34H34N2O6S/c1-5-6-7-14-41-26-13-9-21(18-27(26)40-4)30-29(31(37)22-10-12-25-23(17-22)16-20(3)42-25)32(38)33(39)36(30)34-35-24-11-8-19(2)15-28(24)43-34/h8-13,15,17-18,20,30,37H,5-7,14,16H2,1-4H3/t20-,30-/m0/s1. The lowest BCUT2D eigenvalue weighted by atomic mass is 9.94. The summed E-state index contributed by atoms with van der Waals surface area (Å²) < 4.78 is 18.4. The number of amides is 1. The zero-order valence-corrected chi connectivity index (χ0v) is 25.5. The molecule has 8 nitrogen and oxygen atoms in total. The van der Waals surface area contributed by atoms with E-state index in [9.17, 15) is 14.7 Å². The largest absolute Gasteiger partial charge is 0.507 e.